The van der Waals surface area contributed by atoms with Gasteiger partial charge in [0.15, 0.2) is 5.75 Å². The Hall–Kier alpha value is -0.890. The molecule has 1 N–H and O–H groups in total. The zero-order chi connectivity index (χ0) is 8.55. The molecule has 12 heavy (non-hydrogen) atoms. The van der Waals surface area contributed by atoms with Crippen LogP contribution in [-0.2, 0) is 0 Å². The lowest BCUT2D eigenvalue weighted by atomic mass is 10.2. The second kappa shape index (κ2) is 2.87. The van der Waals surface area contributed by atoms with Crippen molar-refractivity contribution in [2.24, 2.45) is 0 Å². The highest BCUT2D eigenvalue weighted by Crippen LogP contribution is 2.35. The minimum Gasteiger partial charge on any atom is -0.488 e. The second-order valence-corrected chi connectivity index (χ2v) is 3.38. The van der Waals surface area contributed by atoms with Crippen LogP contribution in [0.1, 0.15) is 6.92 Å². The van der Waals surface area contributed by atoms with Gasteiger partial charge in [0.1, 0.15) is 6.61 Å². The van der Waals surface area contributed by atoms with Crippen LogP contribution in [0.2, 0.25) is 5.02 Å². The van der Waals surface area contributed by atoms with E-state index in [1.807, 2.05) is 18.2 Å². The smallest absolute Gasteiger partial charge is 0.161 e. The predicted molar refractivity (Wildman–Crippen MR) is 50.0 cm³/mol. The minimum absolute atomic E-state index is 0.357. The molecular formula is C9H10ClNO. The molecule has 0 saturated carbocycles. The maximum absolute atomic E-state index is 5.92. The van der Waals surface area contributed by atoms with Crippen molar-refractivity contribution in [2.75, 3.05) is 11.9 Å². The van der Waals surface area contributed by atoms with Gasteiger partial charge in [0.25, 0.3) is 0 Å². The van der Waals surface area contributed by atoms with Crippen molar-refractivity contribution in [1.29, 1.82) is 0 Å². The maximum Gasteiger partial charge on any atom is 0.161 e. The van der Waals surface area contributed by atoms with Gasteiger partial charge in [-0.05, 0) is 19.1 Å². The van der Waals surface area contributed by atoms with Crippen molar-refractivity contribution >= 4 is 17.3 Å². The fourth-order valence-corrected chi connectivity index (χ4v) is 1.51. The summed E-state index contributed by atoms with van der Waals surface area (Å²) in [6.07, 6.45) is 0. The molecule has 1 aromatic carbocycles. The van der Waals surface area contributed by atoms with Gasteiger partial charge in [0, 0.05) is 0 Å². The fraction of sp³-hybridized carbons (Fsp3) is 0.333. The molecule has 1 aromatic rings. The third-order valence-corrected chi connectivity index (χ3v) is 2.14. The van der Waals surface area contributed by atoms with Gasteiger partial charge in [-0.3, -0.25) is 0 Å². The van der Waals surface area contributed by atoms with Crippen LogP contribution in [0.5, 0.6) is 5.75 Å². The lowest BCUT2D eigenvalue weighted by Crippen LogP contribution is -2.28. The topological polar surface area (TPSA) is 21.3 Å². The Bertz CT molecular complexity index is 301. The van der Waals surface area contributed by atoms with E-state index in [-0.39, 0.29) is 0 Å². The highest BCUT2D eigenvalue weighted by atomic mass is 35.5. The number of rotatable bonds is 0. The van der Waals surface area contributed by atoms with E-state index in [1.165, 1.54) is 0 Å². The molecule has 1 aliphatic rings. The molecular weight excluding hydrogens is 174 g/mol. The van der Waals surface area contributed by atoms with Crippen LogP contribution < -0.4 is 10.1 Å². The molecule has 2 rings (SSSR count). The summed E-state index contributed by atoms with van der Waals surface area (Å²) in [6.45, 7) is 2.75. The molecule has 0 fully saturated rings. The Labute approximate surface area is 76.5 Å². The van der Waals surface area contributed by atoms with Crippen LogP contribution in [0.4, 0.5) is 5.69 Å². The summed E-state index contributed by atoms with van der Waals surface area (Å²) in [5, 5.41) is 3.96. The van der Waals surface area contributed by atoms with Crippen molar-refractivity contribution in [3.63, 3.8) is 0 Å². The number of ether oxygens (including phenoxy) is 1. The molecule has 2 nitrogen and oxygen atoms in total. The molecule has 0 aromatic heterocycles. The summed E-state index contributed by atoms with van der Waals surface area (Å²) in [4.78, 5) is 0. The highest BCUT2D eigenvalue weighted by molar-refractivity contribution is 6.32. The Kier molecular flexibility index (Phi) is 1.85. The summed E-state index contributed by atoms with van der Waals surface area (Å²) < 4.78 is 5.47. The van der Waals surface area contributed by atoms with Crippen LogP contribution >= 0.6 is 11.6 Å². The van der Waals surface area contributed by atoms with Crippen molar-refractivity contribution in [1.82, 2.24) is 0 Å². The van der Waals surface area contributed by atoms with Crippen LogP contribution in [0.25, 0.3) is 0 Å². The first-order valence-electron chi connectivity index (χ1n) is 3.95. The van der Waals surface area contributed by atoms with Crippen molar-refractivity contribution in [3.05, 3.63) is 23.2 Å². The zero-order valence-electron chi connectivity index (χ0n) is 6.80. The maximum atomic E-state index is 5.92. The number of benzene rings is 1. The Morgan fingerprint density at radius 2 is 2.42 bits per heavy atom. The molecule has 1 aliphatic heterocycles. The summed E-state index contributed by atoms with van der Waals surface area (Å²) in [5.41, 5.74) is 0.987. The van der Waals surface area contributed by atoms with E-state index in [0.29, 0.717) is 17.7 Å². The Balaban J connectivity index is 2.42. The van der Waals surface area contributed by atoms with E-state index in [1.54, 1.807) is 0 Å². The molecule has 0 amide bonds. The van der Waals surface area contributed by atoms with Crippen LogP contribution in [-0.4, -0.2) is 12.6 Å². The molecule has 1 heterocycles. The van der Waals surface area contributed by atoms with Gasteiger partial charge in [0.2, 0.25) is 0 Å². The predicted octanol–water partition coefficient (Wildman–Crippen LogP) is 2.53. The van der Waals surface area contributed by atoms with Gasteiger partial charge in [0.05, 0.1) is 16.8 Å². The normalized spacial score (nSPS) is 20.7. The highest BCUT2D eigenvalue weighted by Gasteiger charge is 2.16. The molecule has 64 valence electrons. The van der Waals surface area contributed by atoms with E-state index < -0.39 is 0 Å². The second-order valence-electron chi connectivity index (χ2n) is 2.97. The number of hydrogen-bond donors (Lipinski definition) is 1. The lowest BCUT2D eigenvalue weighted by molar-refractivity contribution is 0.292. The molecule has 0 aliphatic carbocycles. The van der Waals surface area contributed by atoms with Crippen LogP contribution in [0, 0.1) is 0 Å². The number of para-hydroxylation sites is 1. The van der Waals surface area contributed by atoms with Crippen molar-refractivity contribution in [3.8, 4) is 5.75 Å². The molecule has 3 heteroatoms. The number of nitrogens with one attached hydrogen (secondary N) is 1. The third-order valence-electron chi connectivity index (χ3n) is 1.85. The van der Waals surface area contributed by atoms with Crippen LogP contribution in [0.3, 0.4) is 0 Å². The van der Waals surface area contributed by atoms with E-state index in [9.17, 15) is 0 Å². The number of anilines is 1. The number of fused-ring (bicyclic) bond motifs is 1. The minimum atomic E-state index is 0.357. The summed E-state index contributed by atoms with van der Waals surface area (Å²) >= 11 is 5.92. The number of halogens is 1. The van der Waals surface area contributed by atoms with E-state index in [0.717, 1.165) is 11.4 Å². The zero-order valence-corrected chi connectivity index (χ0v) is 7.56. The first-order valence-corrected chi connectivity index (χ1v) is 4.33. The molecule has 0 saturated heterocycles. The molecule has 0 spiro atoms. The largest absolute Gasteiger partial charge is 0.488 e. The first-order chi connectivity index (χ1) is 5.77. The van der Waals surface area contributed by atoms with Crippen LogP contribution in [0.15, 0.2) is 18.2 Å². The van der Waals surface area contributed by atoms with Crippen molar-refractivity contribution < 1.29 is 4.74 Å². The van der Waals surface area contributed by atoms with Gasteiger partial charge in [-0.2, -0.15) is 0 Å². The first kappa shape index (κ1) is 7.74. The average Bonchev–Trinajstić information content (AvgIpc) is 2.04. The van der Waals surface area contributed by atoms with E-state index in [2.05, 4.69) is 12.2 Å². The molecule has 1 atom stereocenters. The standard InChI is InChI=1S/C9H10ClNO/c1-6-5-12-9-7(10)3-2-4-8(9)11-6/h2-4,6,11H,5H2,1H3. The van der Waals surface area contributed by atoms with Gasteiger partial charge >= 0.3 is 0 Å². The molecule has 0 radical (unpaired) electrons. The molecule has 0 bridgehead atoms. The van der Waals surface area contributed by atoms with E-state index in [4.69, 9.17) is 16.3 Å². The van der Waals surface area contributed by atoms with Crippen molar-refractivity contribution in [2.45, 2.75) is 13.0 Å². The third kappa shape index (κ3) is 1.23. The fourth-order valence-electron chi connectivity index (χ4n) is 1.28. The summed E-state index contributed by atoms with van der Waals surface area (Å²) in [6, 6.07) is 6.07. The average molecular weight is 184 g/mol. The Morgan fingerprint density at radius 1 is 1.58 bits per heavy atom. The van der Waals surface area contributed by atoms with Gasteiger partial charge in [-0.15, -0.1) is 0 Å². The SMILES string of the molecule is CC1COc2c(Cl)cccc2N1. The molecule has 1 unspecified atom stereocenters. The van der Waals surface area contributed by atoms with Gasteiger partial charge in [-0.25, -0.2) is 0 Å². The number of hydrogen-bond acceptors (Lipinski definition) is 2. The quantitative estimate of drug-likeness (QED) is 0.668. The van der Waals surface area contributed by atoms with E-state index >= 15 is 0 Å². The lowest BCUT2D eigenvalue weighted by Gasteiger charge is -2.25. The van der Waals surface area contributed by atoms with Gasteiger partial charge < -0.3 is 10.1 Å². The monoisotopic (exact) mass is 183 g/mol. The van der Waals surface area contributed by atoms with Gasteiger partial charge in [-0.1, -0.05) is 17.7 Å². The summed E-state index contributed by atoms with van der Waals surface area (Å²) in [5.74, 6) is 0.775. The Morgan fingerprint density at radius 3 is 3.25 bits per heavy atom. The summed E-state index contributed by atoms with van der Waals surface area (Å²) in [7, 11) is 0.